The summed E-state index contributed by atoms with van der Waals surface area (Å²) in [6, 6.07) is 0. The van der Waals surface area contributed by atoms with Crippen LogP contribution < -0.4 is 15.8 Å². The summed E-state index contributed by atoms with van der Waals surface area (Å²) >= 11 is 0. The van der Waals surface area contributed by atoms with Gasteiger partial charge in [-0.1, -0.05) is 20.8 Å². The number of fused-ring (bicyclic) bond motifs is 1. The molecule has 2 aliphatic rings. The van der Waals surface area contributed by atoms with E-state index < -0.39 is 41.3 Å². The van der Waals surface area contributed by atoms with Crippen LogP contribution in [-0.4, -0.2) is 65.1 Å². The number of nitrogens with one attached hydrogen (secondary N) is 1. The van der Waals surface area contributed by atoms with Crippen LogP contribution in [0.3, 0.4) is 0 Å². The molecule has 1 aliphatic heterocycles. The van der Waals surface area contributed by atoms with Crippen molar-refractivity contribution in [2.45, 2.75) is 65.7 Å². The van der Waals surface area contributed by atoms with E-state index in [4.69, 9.17) is 0 Å². The van der Waals surface area contributed by atoms with Gasteiger partial charge in [-0.2, -0.15) is 0 Å². The highest BCUT2D eigenvalue weighted by Crippen LogP contribution is 2.29. The Morgan fingerprint density at radius 1 is 1.24 bits per heavy atom. The maximum absolute atomic E-state index is 14.1. The van der Waals surface area contributed by atoms with Crippen molar-refractivity contribution in [1.29, 1.82) is 0 Å². The summed E-state index contributed by atoms with van der Waals surface area (Å²) in [5.74, 6) is -2.57. The molecule has 0 saturated heterocycles. The molecule has 0 aromatic carbocycles. The largest absolute Gasteiger partial charge is 0.502 e. The van der Waals surface area contributed by atoms with Crippen LogP contribution in [0.25, 0.3) is 0 Å². The van der Waals surface area contributed by atoms with E-state index in [2.05, 4.69) is 26.1 Å². The van der Waals surface area contributed by atoms with Crippen molar-refractivity contribution >= 4 is 11.8 Å². The minimum atomic E-state index is -1.36. The van der Waals surface area contributed by atoms with Gasteiger partial charge in [-0.25, -0.2) is 8.78 Å². The first-order valence-electron chi connectivity index (χ1n) is 11.5. The van der Waals surface area contributed by atoms with E-state index in [1.54, 1.807) is 6.92 Å². The zero-order valence-corrected chi connectivity index (χ0v) is 19.7. The van der Waals surface area contributed by atoms with Gasteiger partial charge in [0.15, 0.2) is 11.4 Å². The molecule has 184 valence electrons. The molecule has 3 unspecified atom stereocenters. The third-order valence-corrected chi connectivity index (χ3v) is 6.41. The Balaban J connectivity index is 1.88. The van der Waals surface area contributed by atoms with Gasteiger partial charge < -0.3 is 15.3 Å². The summed E-state index contributed by atoms with van der Waals surface area (Å²) in [6.07, 6.45) is -0.151. The molecule has 2 amide bonds. The minimum absolute atomic E-state index is 0.00146. The molecule has 8 nitrogen and oxygen atoms in total. The Bertz CT molecular complexity index is 959. The van der Waals surface area contributed by atoms with Gasteiger partial charge in [0.1, 0.15) is 24.6 Å². The Morgan fingerprint density at radius 2 is 1.94 bits per heavy atom. The van der Waals surface area contributed by atoms with E-state index in [0.717, 1.165) is 6.42 Å². The molecule has 2 heterocycles. The van der Waals surface area contributed by atoms with Gasteiger partial charge in [-0.15, -0.1) is 0 Å². The number of halogens is 2. The fraction of sp³-hybridized carbons (Fsp3) is 0.696. The van der Waals surface area contributed by atoms with Gasteiger partial charge in [0.25, 0.3) is 11.8 Å². The van der Waals surface area contributed by atoms with E-state index in [9.17, 15) is 28.3 Å². The maximum Gasteiger partial charge on any atom is 0.277 e. The molecule has 3 rings (SSSR count). The highest BCUT2D eigenvalue weighted by Gasteiger charge is 2.35. The minimum Gasteiger partial charge on any atom is -0.502 e. The summed E-state index contributed by atoms with van der Waals surface area (Å²) in [7, 11) is 0. The molecule has 1 aliphatic carbocycles. The third-order valence-electron chi connectivity index (χ3n) is 6.41. The van der Waals surface area contributed by atoms with Crippen LogP contribution in [0.5, 0.6) is 5.75 Å². The van der Waals surface area contributed by atoms with Crippen molar-refractivity contribution in [3.8, 4) is 5.75 Å². The number of pyridine rings is 1. The van der Waals surface area contributed by atoms with Gasteiger partial charge in [0, 0.05) is 38.2 Å². The second-order valence-electron chi connectivity index (χ2n) is 10.2. The monoisotopic (exact) mass is 468 g/mol. The predicted octanol–water partition coefficient (Wildman–Crippen LogP) is 2.57. The van der Waals surface area contributed by atoms with E-state index in [1.165, 1.54) is 15.8 Å². The normalized spacial score (nSPS) is 23.5. The number of carbonyl (C=O) groups is 2. The maximum atomic E-state index is 14.1. The lowest BCUT2D eigenvalue weighted by Crippen LogP contribution is -2.55. The van der Waals surface area contributed by atoms with Gasteiger partial charge in [-0.3, -0.25) is 24.1 Å². The second kappa shape index (κ2) is 9.69. The number of amides is 2. The fourth-order valence-electron chi connectivity index (χ4n) is 4.22. The van der Waals surface area contributed by atoms with E-state index in [0.29, 0.717) is 19.5 Å². The van der Waals surface area contributed by atoms with Crippen molar-refractivity contribution < 1.29 is 23.5 Å². The highest BCUT2D eigenvalue weighted by atomic mass is 19.1. The molecule has 1 saturated carbocycles. The lowest BCUT2D eigenvalue weighted by atomic mass is 9.86. The van der Waals surface area contributed by atoms with Crippen LogP contribution in [0.1, 0.15) is 74.2 Å². The molecule has 2 N–H and O–H groups in total. The van der Waals surface area contributed by atoms with Crippen LogP contribution in [-0.2, 0) is 0 Å². The number of nitrogens with zero attached hydrogens (tertiary/aromatic N) is 3. The van der Waals surface area contributed by atoms with Crippen molar-refractivity contribution in [3.05, 3.63) is 27.7 Å². The van der Waals surface area contributed by atoms with Crippen LogP contribution in [0, 0.1) is 11.3 Å². The van der Waals surface area contributed by atoms with Crippen LogP contribution >= 0.6 is 0 Å². The summed E-state index contributed by atoms with van der Waals surface area (Å²) in [5, 5.41) is 15.0. The summed E-state index contributed by atoms with van der Waals surface area (Å²) in [5.41, 5.74) is -1.46. The fourth-order valence-corrected chi connectivity index (χ4v) is 4.22. The van der Waals surface area contributed by atoms with Gasteiger partial charge in [-0.05, 0) is 31.6 Å². The Kier molecular flexibility index (Phi) is 7.33. The van der Waals surface area contributed by atoms with E-state index in [-0.39, 0.29) is 42.7 Å². The first-order valence-corrected chi connectivity index (χ1v) is 11.5. The van der Waals surface area contributed by atoms with Crippen molar-refractivity contribution in [3.63, 3.8) is 0 Å². The first kappa shape index (κ1) is 25.0. The molecule has 0 bridgehead atoms. The first-order chi connectivity index (χ1) is 15.4. The summed E-state index contributed by atoms with van der Waals surface area (Å²) < 4.78 is 28.9. The molecular weight excluding hydrogens is 434 g/mol. The van der Waals surface area contributed by atoms with Gasteiger partial charge in [0.05, 0.1) is 0 Å². The second-order valence-corrected chi connectivity index (χ2v) is 10.2. The average Bonchev–Trinajstić information content (AvgIpc) is 2.73. The topological polar surface area (TPSA) is 94.9 Å². The molecule has 1 fully saturated rings. The van der Waals surface area contributed by atoms with Gasteiger partial charge >= 0.3 is 0 Å². The van der Waals surface area contributed by atoms with Crippen molar-refractivity contribution in [2.24, 2.45) is 11.3 Å². The molecule has 33 heavy (non-hydrogen) atoms. The summed E-state index contributed by atoms with van der Waals surface area (Å²) in [4.78, 5) is 39.9. The standard InChI is InChI=1S/C23H34F2N4O4/c1-5-27-13-28(9-8-23(2,3)4)29-12-16(19(30)20(31)18(29)22(27)33)21(32)26-11-14-6-7-15(24)10-17(14)25/h12,14-15,17,31H,5-11,13H2,1-4H3,(H,26,32). The van der Waals surface area contributed by atoms with E-state index >= 15 is 0 Å². The molecule has 3 atom stereocenters. The zero-order chi connectivity index (χ0) is 24.5. The van der Waals surface area contributed by atoms with Crippen molar-refractivity contribution in [1.82, 2.24) is 14.9 Å². The van der Waals surface area contributed by atoms with Crippen molar-refractivity contribution in [2.75, 3.05) is 31.3 Å². The molecular formula is C23H34F2N4O4. The smallest absolute Gasteiger partial charge is 0.277 e. The Labute approximate surface area is 192 Å². The number of aromatic nitrogens is 1. The molecule has 1 aromatic heterocycles. The lowest BCUT2D eigenvalue weighted by Gasteiger charge is -2.40. The lowest BCUT2D eigenvalue weighted by molar-refractivity contribution is 0.0692. The molecule has 1 aromatic rings. The quantitative estimate of drug-likeness (QED) is 0.669. The Morgan fingerprint density at radius 3 is 2.55 bits per heavy atom. The molecule has 10 heteroatoms. The number of hydrogen-bond donors (Lipinski definition) is 2. The number of carbonyl (C=O) groups excluding carboxylic acids is 2. The van der Waals surface area contributed by atoms with Crippen LogP contribution in [0.4, 0.5) is 8.78 Å². The van der Waals surface area contributed by atoms with E-state index in [1.807, 2.05) is 5.01 Å². The van der Waals surface area contributed by atoms with Gasteiger partial charge in [0.2, 0.25) is 5.43 Å². The molecule has 0 spiro atoms. The number of hydrogen-bond acceptors (Lipinski definition) is 5. The third kappa shape index (κ3) is 5.47. The highest BCUT2D eigenvalue weighted by molar-refractivity contribution is 5.99. The zero-order valence-electron chi connectivity index (χ0n) is 19.7. The summed E-state index contributed by atoms with van der Waals surface area (Å²) in [6.45, 7) is 9.18. The van der Waals surface area contributed by atoms with Crippen LogP contribution in [0.2, 0.25) is 0 Å². The Hall–Kier alpha value is -2.65. The number of rotatable bonds is 6. The average molecular weight is 469 g/mol. The van der Waals surface area contributed by atoms with Crippen LogP contribution in [0.15, 0.2) is 11.0 Å². The SMILES string of the molecule is CCN1CN(CCC(C)(C)C)n2cc(C(=O)NCC3CCC(F)CC3F)c(=O)c(O)c2C1=O. The molecule has 0 radical (unpaired) electrons. The number of aromatic hydroxyl groups is 1. The number of alkyl halides is 2. The predicted molar refractivity (Wildman–Crippen MR) is 121 cm³/mol.